The number of aromatic nitrogens is 4. The molecule has 3 aromatic rings. The van der Waals surface area contributed by atoms with Crippen LogP contribution in [0.5, 0.6) is 0 Å². The lowest BCUT2D eigenvalue weighted by Gasteiger charge is -2.29. The molecular weight excluding hydrogens is 364 g/mol. The smallest absolute Gasteiger partial charge is 0.327 e. The number of hydrogen-bond acceptors (Lipinski definition) is 7. The van der Waals surface area contributed by atoms with Gasteiger partial charge in [-0.1, -0.05) is 6.07 Å². The highest BCUT2D eigenvalue weighted by atomic mass is 16.5. The molecule has 3 N–H and O–H groups in total. The fourth-order valence-electron chi connectivity index (χ4n) is 3.08. The maximum atomic E-state index is 12.5. The van der Waals surface area contributed by atoms with Crippen LogP contribution in [-0.2, 0) is 11.3 Å². The molecule has 0 spiro atoms. The van der Waals surface area contributed by atoms with Crippen LogP contribution in [0.25, 0.3) is 11.0 Å². The van der Waals surface area contributed by atoms with E-state index in [4.69, 9.17) is 4.74 Å². The summed E-state index contributed by atoms with van der Waals surface area (Å²) in [5.41, 5.74) is -0.000107. The lowest BCUT2D eigenvalue weighted by Crippen LogP contribution is -2.37. The number of amides is 1. The van der Waals surface area contributed by atoms with Gasteiger partial charge in [0.15, 0.2) is 0 Å². The molecule has 0 radical (unpaired) electrons. The van der Waals surface area contributed by atoms with Crippen molar-refractivity contribution in [3.05, 3.63) is 62.6 Å². The summed E-state index contributed by atoms with van der Waals surface area (Å²) < 4.78 is 5.37. The number of anilines is 1. The van der Waals surface area contributed by atoms with Gasteiger partial charge in [-0.3, -0.25) is 19.6 Å². The number of pyridine rings is 2. The Kier molecular flexibility index (Phi) is 4.85. The van der Waals surface area contributed by atoms with Gasteiger partial charge in [0.05, 0.1) is 24.2 Å². The number of fused-ring (bicyclic) bond motifs is 1. The van der Waals surface area contributed by atoms with Crippen molar-refractivity contribution in [1.82, 2.24) is 25.3 Å². The van der Waals surface area contributed by atoms with Crippen molar-refractivity contribution >= 4 is 22.8 Å². The predicted molar refractivity (Wildman–Crippen MR) is 101 cm³/mol. The van der Waals surface area contributed by atoms with Gasteiger partial charge in [0.1, 0.15) is 11.5 Å². The molecule has 1 fully saturated rings. The Morgan fingerprint density at radius 2 is 2.04 bits per heavy atom. The summed E-state index contributed by atoms with van der Waals surface area (Å²) in [6.45, 7) is 3.05. The quantitative estimate of drug-likeness (QED) is 0.568. The molecular formula is C18H18N6O4. The van der Waals surface area contributed by atoms with Crippen LogP contribution in [0.3, 0.4) is 0 Å². The molecule has 144 valence electrons. The lowest BCUT2D eigenvalue weighted by atomic mass is 10.2. The summed E-state index contributed by atoms with van der Waals surface area (Å²) in [4.78, 5) is 50.8. The zero-order valence-electron chi connectivity index (χ0n) is 14.9. The summed E-state index contributed by atoms with van der Waals surface area (Å²) in [6, 6.07) is 5.13. The minimum atomic E-state index is -0.644. The maximum absolute atomic E-state index is 12.5. The average molecular weight is 382 g/mol. The highest BCUT2D eigenvalue weighted by molar-refractivity contribution is 5.96. The summed E-state index contributed by atoms with van der Waals surface area (Å²) in [5.74, 6) is 0.438. The van der Waals surface area contributed by atoms with Crippen LogP contribution in [0.1, 0.15) is 15.9 Å². The van der Waals surface area contributed by atoms with Crippen LogP contribution in [0.4, 0.5) is 5.82 Å². The lowest BCUT2D eigenvalue weighted by molar-refractivity contribution is 0.0950. The van der Waals surface area contributed by atoms with Gasteiger partial charge in [-0.2, -0.15) is 0 Å². The summed E-state index contributed by atoms with van der Waals surface area (Å²) in [7, 11) is 0. The number of carbonyl (C=O) groups excluding carboxylic acids is 1. The van der Waals surface area contributed by atoms with Crippen molar-refractivity contribution in [2.75, 3.05) is 31.2 Å². The molecule has 0 saturated carbocycles. The third kappa shape index (κ3) is 3.62. The molecule has 1 aliphatic rings. The first-order valence-electron chi connectivity index (χ1n) is 8.79. The molecule has 0 aliphatic carbocycles. The molecule has 4 heterocycles. The van der Waals surface area contributed by atoms with Gasteiger partial charge in [0, 0.05) is 37.6 Å². The zero-order chi connectivity index (χ0) is 19.5. The maximum Gasteiger partial charge on any atom is 0.327 e. The van der Waals surface area contributed by atoms with Gasteiger partial charge in [0.25, 0.3) is 11.5 Å². The minimum Gasteiger partial charge on any atom is -0.378 e. The third-order valence-electron chi connectivity index (χ3n) is 4.47. The normalized spacial score (nSPS) is 14.2. The van der Waals surface area contributed by atoms with E-state index in [1.54, 1.807) is 6.20 Å². The van der Waals surface area contributed by atoms with Gasteiger partial charge < -0.3 is 15.0 Å². The van der Waals surface area contributed by atoms with Crippen LogP contribution >= 0.6 is 0 Å². The molecule has 10 nitrogen and oxygen atoms in total. The Morgan fingerprint density at radius 3 is 2.86 bits per heavy atom. The molecule has 3 aromatic heterocycles. The van der Waals surface area contributed by atoms with E-state index in [2.05, 4.69) is 30.2 Å². The van der Waals surface area contributed by atoms with E-state index in [9.17, 15) is 14.4 Å². The van der Waals surface area contributed by atoms with Gasteiger partial charge in [-0.25, -0.2) is 14.8 Å². The minimum absolute atomic E-state index is 0.132. The van der Waals surface area contributed by atoms with Gasteiger partial charge in [-0.15, -0.1) is 0 Å². The second-order valence-electron chi connectivity index (χ2n) is 6.30. The first-order valence-corrected chi connectivity index (χ1v) is 8.79. The predicted octanol–water partition coefficient (Wildman–Crippen LogP) is -0.227. The van der Waals surface area contributed by atoms with E-state index < -0.39 is 11.2 Å². The summed E-state index contributed by atoms with van der Waals surface area (Å²) in [5, 5.41) is 2.97. The van der Waals surface area contributed by atoms with Crippen molar-refractivity contribution in [2.24, 2.45) is 0 Å². The summed E-state index contributed by atoms with van der Waals surface area (Å²) in [6.07, 6.45) is 3.04. The molecule has 0 atom stereocenters. The highest BCUT2D eigenvalue weighted by Crippen LogP contribution is 2.18. The van der Waals surface area contributed by atoms with Crippen molar-refractivity contribution in [2.45, 2.75) is 6.54 Å². The fourth-order valence-corrected chi connectivity index (χ4v) is 3.08. The number of ether oxygens (including phenoxy) is 1. The van der Waals surface area contributed by atoms with Crippen LogP contribution in [0.15, 0.2) is 40.2 Å². The molecule has 0 bridgehead atoms. The largest absolute Gasteiger partial charge is 0.378 e. The molecule has 1 saturated heterocycles. The molecule has 4 rings (SSSR count). The van der Waals surface area contributed by atoms with E-state index in [-0.39, 0.29) is 29.0 Å². The Labute approximate surface area is 158 Å². The SMILES string of the molecule is O=C(NCc1cccnc1N1CCOCC1)c1cnc2[nH]c(=O)[nH]c(=O)c2c1. The number of morpholine rings is 1. The molecule has 1 amide bonds. The summed E-state index contributed by atoms with van der Waals surface area (Å²) >= 11 is 0. The van der Waals surface area contributed by atoms with Crippen LogP contribution < -0.4 is 21.5 Å². The number of nitrogens with one attached hydrogen (secondary N) is 3. The van der Waals surface area contributed by atoms with E-state index in [0.717, 1.165) is 24.5 Å². The van der Waals surface area contributed by atoms with Crippen LogP contribution in [-0.4, -0.2) is 52.1 Å². The topological polar surface area (TPSA) is 133 Å². The number of nitrogens with zero attached hydrogens (tertiary/aromatic N) is 3. The van der Waals surface area contributed by atoms with Crippen LogP contribution in [0, 0.1) is 0 Å². The number of carbonyl (C=O) groups is 1. The van der Waals surface area contributed by atoms with Gasteiger partial charge in [-0.05, 0) is 12.1 Å². The fraction of sp³-hybridized carbons (Fsp3) is 0.278. The van der Waals surface area contributed by atoms with Gasteiger partial charge in [0.2, 0.25) is 0 Å². The van der Waals surface area contributed by atoms with Crippen molar-refractivity contribution in [3.63, 3.8) is 0 Å². The second-order valence-corrected chi connectivity index (χ2v) is 6.30. The molecule has 0 aromatic carbocycles. The molecule has 0 unspecified atom stereocenters. The number of H-pyrrole nitrogens is 2. The Hall–Kier alpha value is -3.53. The number of aromatic amines is 2. The van der Waals surface area contributed by atoms with Crippen LogP contribution in [0.2, 0.25) is 0 Å². The molecule has 28 heavy (non-hydrogen) atoms. The van der Waals surface area contributed by atoms with E-state index >= 15 is 0 Å². The monoisotopic (exact) mass is 382 g/mol. The Morgan fingerprint density at radius 1 is 1.21 bits per heavy atom. The molecule has 1 aliphatic heterocycles. The Balaban J connectivity index is 1.53. The van der Waals surface area contributed by atoms with E-state index in [1.807, 2.05) is 12.1 Å². The second kappa shape index (κ2) is 7.61. The third-order valence-corrected chi connectivity index (χ3v) is 4.47. The molecule has 10 heteroatoms. The van der Waals surface area contributed by atoms with Crippen molar-refractivity contribution in [3.8, 4) is 0 Å². The number of rotatable bonds is 4. The van der Waals surface area contributed by atoms with Crippen molar-refractivity contribution < 1.29 is 9.53 Å². The van der Waals surface area contributed by atoms with E-state index in [1.165, 1.54) is 12.3 Å². The van der Waals surface area contributed by atoms with Gasteiger partial charge >= 0.3 is 5.69 Å². The Bertz CT molecular complexity index is 1130. The highest BCUT2D eigenvalue weighted by Gasteiger charge is 2.17. The number of hydrogen-bond donors (Lipinski definition) is 3. The van der Waals surface area contributed by atoms with E-state index in [0.29, 0.717) is 13.2 Å². The first-order chi connectivity index (χ1) is 13.6. The van der Waals surface area contributed by atoms with Crippen molar-refractivity contribution in [1.29, 1.82) is 0 Å². The standard InChI is InChI=1S/C18H18N6O4/c25-16(12-8-13-14(20-10-12)22-18(27)23-17(13)26)21-9-11-2-1-3-19-15(11)24-4-6-28-7-5-24/h1-3,8,10H,4-7,9H2,(H,21,25)(H2,20,22,23,26,27). The average Bonchev–Trinajstić information content (AvgIpc) is 2.72. The first kappa shape index (κ1) is 17.9. The zero-order valence-corrected chi connectivity index (χ0v) is 14.9.